The number of aromatic nitrogens is 1. The van der Waals surface area contributed by atoms with Crippen molar-refractivity contribution in [3.05, 3.63) is 59.0 Å². The highest BCUT2D eigenvalue weighted by Gasteiger charge is 2.24. The molecule has 1 atom stereocenters. The van der Waals surface area contributed by atoms with E-state index in [2.05, 4.69) is 23.3 Å². The predicted octanol–water partition coefficient (Wildman–Crippen LogP) is 4.50. The standard InChI is InChI=1S/C21H24FN3O2/c1-14-10-16(4-6-19(14)22)11-17-8-9-25(13-15(17)2)21(26)24-18-5-7-20(27-3)23-12-18/h4-7,10-12,15H,8-9,13H2,1-3H3,(H,24,26)/b17-11+. The van der Waals surface area contributed by atoms with Crippen LogP contribution in [0.3, 0.4) is 0 Å². The van der Waals surface area contributed by atoms with Crippen molar-refractivity contribution < 1.29 is 13.9 Å². The Morgan fingerprint density at radius 1 is 1.37 bits per heavy atom. The molecule has 2 heterocycles. The predicted molar refractivity (Wildman–Crippen MR) is 104 cm³/mol. The number of piperidine rings is 1. The average molecular weight is 369 g/mol. The van der Waals surface area contributed by atoms with Gasteiger partial charge < -0.3 is 15.0 Å². The Bertz CT molecular complexity index is 849. The maximum Gasteiger partial charge on any atom is 0.321 e. The first-order valence-corrected chi connectivity index (χ1v) is 8.99. The number of aryl methyl sites for hydroxylation is 1. The van der Waals surface area contributed by atoms with Gasteiger partial charge in [0.1, 0.15) is 5.82 Å². The van der Waals surface area contributed by atoms with E-state index in [1.165, 1.54) is 11.6 Å². The summed E-state index contributed by atoms with van der Waals surface area (Å²) in [6, 6.07) is 8.48. The maximum atomic E-state index is 13.4. The summed E-state index contributed by atoms with van der Waals surface area (Å²) >= 11 is 0. The molecule has 0 spiro atoms. The zero-order valence-corrected chi connectivity index (χ0v) is 15.8. The lowest BCUT2D eigenvalue weighted by Crippen LogP contribution is -2.42. The van der Waals surface area contributed by atoms with E-state index in [9.17, 15) is 9.18 Å². The molecule has 0 radical (unpaired) electrons. The second-order valence-corrected chi connectivity index (χ2v) is 6.84. The molecule has 1 unspecified atom stereocenters. The number of likely N-dealkylation sites (tertiary alicyclic amines) is 1. The Labute approximate surface area is 158 Å². The zero-order valence-electron chi connectivity index (χ0n) is 15.8. The van der Waals surface area contributed by atoms with Crippen molar-refractivity contribution in [3.63, 3.8) is 0 Å². The number of methoxy groups -OCH3 is 1. The van der Waals surface area contributed by atoms with E-state index in [1.54, 1.807) is 38.4 Å². The van der Waals surface area contributed by atoms with Crippen LogP contribution in [0.4, 0.5) is 14.9 Å². The number of anilines is 1. The smallest absolute Gasteiger partial charge is 0.321 e. The summed E-state index contributed by atoms with van der Waals surface area (Å²) in [7, 11) is 1.55. The van der Waals surface area contributed by atoms with Crippen LogP contribution in [-0.2, 0) is 0 Å². The van der Waals surface area contributed by atoms with Crippen LogP contribution in [-0.4, -0.2) is 36.1 Å². The Hall–Kier alpha value is -2.89. The second-order valence-electron chi connectivity index (χ2n) is 6.84. The molecule has 1 aliphatic rings. The molecule has 0 aliphatic carbocycles. The van der Waals surface area contributed by atoms with Gasteiger partial charge in [-0.1, -0.05) is 24.6 Å². The summed E-state index contributed by atoms with van der Waals surface area (Å²) in [5, 5.41) is 2.87. The third-order valence-corrected chi connectivity index (χ3v) is 4.82. The van der Waals surface area contributed by atoms with Crippen LogP contribution in [0.2, 0.25) is 0 Å². The number of carbonyl (C=O) groups excluding carboxylic acids is 1. The van der Waals surface area contributed by atoms with E-state index in [1.807, 2.05) is 11.0 Å². The Balaban J connectivity index is 1.62. The van der Waals surface area contributed by atoms with Crippen LogP contribution in [0.15, 0.2) is 42.1 Å². The van der Waals surface area contributed by atoms with Crippen LogP contribution >= 0.6 is 0 Å². The molecular formula is C21H24FN3O2. The minimum Gasteiger partial charge on any atom is -0.481 e. The van der Waals surface area contributed by atoms with Gasteiger partial charge in [0.05, 0.1) is 19.0 Å². The topological polar surface area (TPSA) is 54.5 Å². The quantitative estimate of drug-likeness (QED) is 0.867. The molecular weight excluding hydrogens is 345 g/mol. The number of hydrogen-bond acceptors (Lipinski definition) is 3. The number of carbonyl (C=O) groups is 1. The van der Waals surface area contributed by atoms with Crippen molar-refractivity contribution in [2.24, 2.45) is 5.92 Å². The molecule has 3 rings (SSSR count). The van der Waals surface area contributed by atoms with Gasteiger partial charge in [0.15, 0.2) is 0 Å². The highest BCUT2D eigenvalue weighted by molar-refractivity contribution is 5.89. The number of ether oxygens (including phenoxy) is 1. The monoisotopic (exact) mass is 369 g/mol. The zero-order chi connectivity index (χ0) is 19.4. The van der Waals surface area contributed by atoms with E-state index < -0.39 is 0 Å². The van der Waals surface area contributed by atoms with Gasteiger partial charge in [0.25, 0.3) is 0 Å². The summed E-state index contributed by atoms with van der Waals surface area (Å²) in [6.45, 7) is 5.16. The fraction of sp³-hybridized carbons (Fsp3) is 0.333. The first kappa shape index (κ1) is 18.9. The number of halogens is 1. The average Bonchev–Trinajstić information content (AvgIpc) is 2.67. The van der Waals surface area contributed by atoms with Gasteiger partial charge in [-0.2, -0.15) is 0 Å². The molecule has 1 N–H and O–H groups in total. The Morgan fingerprint density at radius 2 is 2.19 bits per heavy atom. The van der Waals surface area contributed by atoms with E-state index in [-0.39, 0.29) is 17.8 Å². The largest absolute Gasteiger partial charge is 0.481 e. The lowest BCUT2D eigenvalue weighted by Gasteiger charge is -2.33. The molecule has 2 aromatic rings. The van der Waals surface area contributed by atoms with Gasteiger partial charge in [0, 0.05) is 19.2 Å². The van der Waals surface area contributed by atoms with Gasteiger partial charge in [-0.05, 0) is 48.6 Å². The Kier molecular flexibility index (Phi) is 5.74. The molecule has 1 fully saturated rings. The van der Waals surface area contributed by atoms with E-state index in [0.29, 0.717) is 30.2 Å². The molecule has 27 heavy (non-hydrogen) atoms. The SMILES string of the molecule is COc1ccc(NC(=O)N2CC/C(=C\c3ccc(F)c(C)c3)C(C)C2)cn1. The second kappa shape index (κ2) is 8.20. The van der Waals surface area contributed by atoms with Gasteiger partial charge >= 0.3 is 6.03 Å². The number of benzene rings is 1. The van der Waals surface area contributed by atoms with E-state index in [4.69, 9.17) is 4.74 Å². The van der Waals surface area contributed by atoms with Crippen molar-refractivity contribution in [2.45, 2.75) is 20.3 Å². The third-order valence-electron chi connectivity index (χ3n) is 4.82. The summed E-state index contributed by atoms with van der Waals surface area (Å²) in [5.41, 5.74) is 3.55. The number of nitrogens with one attached hydrogen (secondary N) is 1. The lowest BCUT2D eigenvalue weighted by atomic mass is 9.91. The van der Waals surface area contributed by atoms with Crippen molar-refractivity contribution in [1.82, 2.24) is 9.88 Å². The molecule has 2 amide bonds. The van der Waals surface area contributed by atoms with Gasteiger partial charge in [-0.3, -0.25) is 0 Å². The third kappa shape index (κ3) is 4.64. The first-order valence-electron chi connectivity index (χ1n) is 8.99. The lowest BCUT2D eigenvalue weighted by molar-refractivity contribution is 0.198. The van der Waals surface area contributed by atoms with E-state index >= 15 is 0 Å². The maximum absolute atomic E-state index is 13.4. The van der Waals surface area contributed by atoms with Gasteiger partial charge in [0.2, 0.25) is 5.88 Å². The number of nitrogens with zero attached hydrogens (tertiary/aromatic N) is 2. The van der Waals surface area contributed by atoms with Crippen molar-refractivity contribution >= 4 is 17.8 Å². The van der Waals surface area contributed by atoms with Crippen LogP contribution in [0.1, 0.15) is 24.5 Å². The molecule has 0 bridgehead atoms. The molecule has 0 saturated carbocycles. The van der Waals surface area contributed by atoms with Gasteiger partial charge in [-0.25, -0.2) is 14.2 Å². The molecule has 1 saturated heterocycles. The summed E-state index contributed by atoms with van der Waals surface area (Å²) < 4.78 is 18.4. The normalized spacial score (nSPS) is 18.4. The highest BCUT2D eigenvalue weighted by Crippen LogP contribution is 2.26. The number of amides is 2. The van der Waals surface area contributed by atoms with Crippen molar-refractivity contribution in [1.29, 1.82) is 0 Å². The van der Waals surface area contributed by atoms with Crippen LogP contribution < -0.4 is 10.1 Å². The van der Waals surface area contributed by atoms with E-state index in [0.717, 1.165) is 12.0 Å². The fourth-order valence-electron chi connectivity index (χ4n) is 3.20. The van der Waals surface area contributed by atoms with Crippen LogP contribution in [0.5, 0.6) is 5.88 Å². The fourth-order valence-corrected chi connectivity index (χ4v) is 3.20. The number of urea groups is 1. The Morgan fingerprint density at radius 3 is 2.81 bits per heavy atom. The molecule has 5 nitrogen and oxygen atoms in total. The number of rotatable bonds is 3. The molecule has 1 aromatic heterocycles. The van der Waals surface area contributed by atoms with Crippen LogP contribution in [0.25, 0.3) is 6.08 Å². The molecule has 6 heteroatoms. The first-order chi connectivity index (χ1) is 13.0. The summed E-state index contributed by atoms with van der Waals surface area (Å²) in [5.74, 6) is 0.555. The van der Waals surface area contributed by atoms with Crippen molar-refractivity contribution in [2.75, 3.05) is 25.5 Å². The van der Waals surface area contributed by atoms with Crippen molar-refractivity contribution in [3.8, 4) is 5.88 Å². The molecule has 142 valence electrons. The minimum absolute atomic E-state index is 0.134. The van der Waals surface area contributed by atoms with Gasteiger partial charge in [-0.15, -0.1) is 0 Å². The molecule has 1 aromatic carbocycles. The summed E-state index contributed by atoms with van der Waals surface area (Å²) in [6.07, 6.45) is 4.48. The minimum atomic E-state index is -0.190. The number of hydrogen-bond donors (Lipinski definition) is 1. The van der Waals surface area contributed by atoms with Crippen LogP contribution in [0, 0.1) is 18.7 Å². The highest BCUT2D eigenvalue weighted by atomic mass is 19.1. The number of pyridine rings is 1. The summed E-state index contributed by atoms with van der Waals surface area (Å²) in [4.78, 5) is 18.4. The molecule has 1 aliphatic heterocycles.